The van der Waals surface area contributed by atoms with Gasteiger partial charge in [-0.15, -0.1) is 0 Å². The monoisotopic (exact) mass is 262 g/mol. The molecule has 0 saturated heterocycles. The predicted octanol–water partition coefficient (Wildman–Crippen LogP) is 0.486. The molecule has 1 unspecified atom stereocenters. The van der Waals surface area contributed by atoms with Crippen LogP contribution < -0.4 is 0 Å². The molecule has 0 aliphatic carbocycles. The van der Waals surface area contributed by atoms with E-state index in [4.69, 9.17) is 28.3 Å². The third-order valence-electron chi connectivity index (χ3n) is 2.01. The van der Waals surface area contributed by atoms with E-state index in [-0.39, 0.29) is 23.6 Å². The lowest BCUT2D eigenvalue weighted by Crippen LogP contribution is -2.19. The van der Waals surface area contributed by atoms with E-state index in [1.807, 2.05) is 0 Å². The minimum atomic E-state index is -0.884. The van der Waals surface area contributed by atoms with Crippen LogP contribution in [0.5, 0.6) is 0 Å². The molecule has 2 aromatic heterocycles. The highest BCUT2D eigenvalue weighted by molar-refractivity contribution is 6.35. The van der Waals surface area contributed by atoms with Crippen molar-refractivity contribution in [1.29, 1.82) is 0 Å². The maximum Gasteiger partial charge on any atom is 0.225 e. The van der Waals surface area contributed by atoms with Crippen molar-refractivity contribution in [2.75, 3.05) is 6.61 Å². The van der Waals surface area contributed by atoms with Crippen LogP contribution in [0.2, 0.25) is 10.4 Å². The maximum absolute atomic E-state index is 9.32. The second-order valence-corrected chi connectivity index (χ2v) is 3.89. The Morgan fingerprint density at radius 2 is 2.12 bits per heavy atom. The fraction of sp³-hybridized carbons (Fsp3) is 0.375. The summed E-state index contributed by atoms with van der Waals surface area (Å²) in [5.41, 5.74) is 0.841. The molecular formula is C8H8Cl2N4O2. The van der Waals surface area contributed by atoms with Crippen molar-refractivity contribution >= 4 is 34.4 Å². The summed E-state index contributed by atoms with van der Waals surface area (Å²) in [6, 6.07) is 0. The molecule has 6 nitrogen and oxygen atoms in total. The molecule has 2 rings (SSSR count). The summed E-state index contributed by atoms with van der Waals surface area (Å²) in [5.74, 6) is 0. The van der Waals surface area contributed by atoms with Gasteiger partial charge in [0.1, 0.15) is 5.52 Å². The average Bonchev–Trinajstić information content (AvgIpc) is 2.61. The minimum Gasteiger partial charge on any atom is -0.394 e. The van der Waals surface area contributed by atoms with Gasteiger partial charge >= 0.3 is 0 Å². The molecule has 2 heterocycles. The number of aliphatic hydroxyl groups is 2. The highest BCUT2D eigenvalue weighted by Gasteiger charge is 2.13. The Kier molecular flexibility index (Phi) is 3.25. The summed E-state index contributed by atoms with van der Waals surface area (Å²) in [4.78, 5) is 11.7. The van der Waals surface area contributed by atoms with E-state index in [2.05, 4.69) is 15.0 Å². The highest BCUT2D eigenvalue weighted by Crippen LogP contribution is 2.20. The SMILES string of the molecule is OCC(O)Cn1cnc2c(Cl)nc(Cl)nc21. The third kappa shape index (κ3) is 2.10. The first-order chi connectivity index (χ1) is 7.61. The predicted molar refractivity (Wildman–Crippen MR) is 58.4 cm³/mol. The van der Waals surface area contributed by atoms with Gasteiger partial charge in [0.15, 0.2) is 10.8 Å². The van der Waals surface area contributed by atoms with Crippen LogP contribution in [-0.2, 0) is 6.54 Å². The van der Waals surface area contributed by atoms with Gasteiger partial charge in [0.05, 0.1) is 25.6 Å². The summed E-state index contributed by atoms with van der Waals surface area (Å²) in [6.45, 7) is -0.178. The molecule has 0 saturated carbocycles. The van der Waals surface area contributed by atoms with Crippen LogP contribution in [0.3, 0.4) is 0 Å². The van der Waals surface area contributed by atoms with Gasteiger partial charge in [0.2, 0.25) is 5.28 Å². The summed E-state index contributed by atoms with van der Waals surface area (Å²) in [6.07, 6.45) is 0.574. The average molecular weight is 263 g/mol. The summed E-state index contributed by atoms with van der Waals surface area (Å²) in [5, 5.41) is 18.2. The molecule has 0 bridgehead atoms. The van der Waals surface area contributed by atoms with Crippen LogP contribution in [-0.4, -0.2) is 42.4 Å². The van der Waals surface area contributed by atoms with Crippen LogP contribution in [0, 0.1) is 0 Å². The van der Waals surface area contributed by atoms with Crippen LogP contribution >= 0.6 is 23.2 Å². The number of hydrogen-bond donors (Lipinski definition) is 2. The molecule has 0 radical (unpaired) electrons. The normalized spacial score (nSPS) is 13.2. The molecule has 0 fully saturated rings. The molecule has 0 aliphatic heterocycles. The molecule has 8 heteroatoms. The maximum atomic E-state index is 9.32. The number of rotatable bonds is 3. The van der Waals surface area contributed by atoms with Gasteiger partial charge in [-0.3, -0.25) is 0 Å². The first kappa shape index (κ1) is 11.5. The zero-order chi connectivity index (χ0) is 11.7. The lowest BCUT2D eigenvalue weighted by atomic mass is 10.4. The number of halogens is 2. The number of aliphatic hydroxyl groups excluding tert-OH is 2. The molecule has 0 aromatic carbocycles. The van der Waals surface area contributed by atoms with Gasteiger partial charge in [0.25, 0.3) is 0 Å². The number of hydrogen-bond acceptors (Lipinski definition) is 5. The van der Waals surface area contributed by atoms with E-state index in [0.717, 1.165) is 0 Å². The number of aromatic nitrogens is 4. The van der Waals surface area contributed by atoms with Crippen molar-refractivity contribution in [3.05, 3.63) is 16.8 Å². The van der Waals surface area contributed by atoms with Gasteiger partial charge in [-0.05, 0) is 11.6 Å². The van der Waals surface area contributed by atoms with E-state index < -0.39 is 6.10 Å². The van der Waals surface area contributed by atoms with Crippen LogP contribution in [0.25, 0.3) is 11.2 Å². The van der Waals surface area contributed by atoms with E-state index >= 15 is 0 Å². The van der Waals surface area contributed by atoms with Gasteiger partial charge < -0.3 is 14.8 Å². The topological polar surface area (TPSA) is 84.1 Å². The number of nitrogens with zero attached hydrogens (tertiary/aromatic N) is 4. The van der Waals surface area contributed by atoms with Crippen LogP contribution in [0.15, 0.2) is 6.33 Å². The largest absolute Gasteiger partial charge is 0.394 e. The van der Waals surface area contributed by atoms with Crippen molar-refractivity contribution in [3.8, 4) is 0 Å². The summed E-state index contributed by atoms with van der Waals surface area (Å²) < 4.78 is 1.55. The molecule has 0 amide bonds. The molecular weight excluding hydrogens is 255 g/mol. The molecule has 0 aliphatic rings. The quantitative estimate of drug-likeness (QED) is 0.621. The Hall–Kier alpha value is -0.950. The minimum absolute atomic E-state index is 0.0118. The molecule has 1 atom stereocenters. The standard InChI is InChI=1S/C8H8Cl2N4O2/c9-6-5-7(13-8(10)12-6)14(3-11-5)1-4(16)2-15/h3-4,15-16H,1-2H2. The van der Waals surface area contributed by atoms with E-state index in [1.165, 1.54) is 6.33 Å². The van der Waals surface area contributed by atoms with Crippen molar-refractivity contribution in [3.63, 3.8) is 0 Å². The fourth-order valence-electron chi connectivity index (χ4n) is 1.30. The van der Waals surface area contributed by atoms with Crippen molar-refractivity contribution in [1.82, 2.24) is 19.5 Å². The van der Waals surface area contributed by atoms with Crippen molar-refractivity contribution in [2.24, 2.45) is 0 Å². The smallest absolute Gasteiger partial charge is 0.225 e. The van der Waals surface area contributed by atoms with Gasteiger partial charge in [-0.2, -0.15) is 4.98 Å². The van der Waals surface area contributed by atoms with Gasteiger partial charge in [-0.1, -0.05) is 11.6 Å². The van der Waals surface area contributed by atoms with E-state index in [9.17, 15) is 5.11 Å². The van der Waals surface area contributed by atoms with E-state index in [1.54, 1.807) is 4.57 Å². The lowest BCUT2D eigenvalue weighted by Gasteiger charge is -2.08. The molecule has 86 valence electrons. The first-order valence-electron chi connectivity index (χ1n) is 4.44. The lowest BCUT2D eigenvalue weighted by molar-refractivity contribution is 0.0820. The molecule has 16 heavy (non-hydrogen) atoms. The zero-order valence-corrected chi connectivity index (χ0v) is 9.52. The Balaban J connectivity index is 2.47. The Bertz CT molecular complexity index is 516. The van der Waals surface area contributed by atoms with Crippen LogP contribution in [0.1, 0.15) is 0 Å². The van der Waals surface area contributed by atoms with E-state index in [0.29, 0.717) is 11.2 Å². The Labute approximate surface area is 100 Å². The van der Waals surface area contributed by atoms with Gasteiger partial charge in [0, 0.05) is 0 Å². The summed E-state index contributed by atoms with van der Waals surface area (Å²) in [7, 11) is 0. The second kappa shape index (κ2) is 4.50. The Morgan fingerprint density at radius 1 is 1.38 bits per heavy atom. The summed E-state index contributed by atoms with van der Waals surface area (Å²) >= 11 is 11.5. The second-order valence-electron chi connectivity index (χ2n) is 3.19. The number of imidazole rings is 1. The number of fused-ring (bicyclic) bond motifs is 1. The molecule has 2 aromatic rings. The zero-order valence-electron chi connectivity index (χ0n) is 8.01. The highest BCUT2D eigenvalue weighted by atomic mass is 35.5. The molecule has 2 N–H and O–H groups in total. The third-order valence-corrected chi connectivity index (χ3v) is 2.44. The van der Waals surface area contributed by atoms with Crippen molar-refractivity contribution < 1.29 is 10.2 Å². The van der Waals surface area contributed by atoms with Gasteiger partial charge in [-0.25, -0.2) is 9.97 Å². The fourth-order valence-corrected chi connectivity index (χ4v) is 1.72. The molecule has 0 spiro atoms. The van der Waals surface area contributed by atoms with Crippen molar-refractivity contribution in [2.45, 2.75) is 12.6 Å². The Morgan fingerprint density at radius 3 is 2.81 bits per heavy atom. The van der Waals surface area contributed by atoms with Crippen LogP contribution in [0.4, 0.5) is 0 Å². The first-order valence-corrected chi connectivity index (χ1v) is 5.20.